The summed E-state index contributed by atoms with van der Waals surface area (Å²) in [4.78, 5) is 32.1. The molecule has 1 N–H and O–H groups in total. The second kappa shape index (κ2) is 8.07. The highest BCUT2D eigenvalue weighted by molar-refractivity contribution is 5.97. The van der Waals surface area contributed by atoms with E-state index in [1.54, 1.807) is 33.6 Å². The number of aromatic amines is 1. The average molecular weight is 434 g/mol. The summed E-state index contributed by atoms with van der Waals surface area (Å²) in [6.45, 7) is 4.14. The molecule has 0 bridgehead atoms. The number of carbonyl (C=O) groups is 1. The van der Waals surface area contributed by atoms with Gasteiger partial charge in [0, 0.05) is 38.2 Å². The predicted octanol–water partition coefficient (Wildman–Crippen LogP) is 2.62. The summed E-state index contributed by atoms with van der Waals surface area (Å²) in [5.74, 6) is 0.356. The zero-order chi connectivity index (χ0) is 22.2. The second-order valence-electron chi connectivity index (χ2n) is 7.94. The topological polar surface area (TPSA) is 86.6 Å². The number of halogens is 1. The number of aryl methyl sites for hydroxylation is 1. The Labute approximate surface area is 183 Å². The van der Waals surface area contributed by atoms with E-state index in [9.17, 15) is 14.0 Å². The molecule has 1 saturated heterocycles. The largest absolute Gasteiger partial charge is 0.366 e. The quantitative estimate of drug-likeness (QED) is 0.534. The lowest BCUT2D eigenvalue weighted by molar-refractivity contribution is 0.0747. The predicted molar refractivity (Wildman–Crippen MR) is 120 cm³/mol. The van der Waals surface area contributed by atoms with Crippen molar-refractivity contribution in [3.63, 3.8) is 0 Å². The number of carbonyl (C=O) groups excluding carboxylic acids is 1. The third-order valence-corrected chi connectivity index (χ3v) is 5.90. The lowest BCUT2D eigenvalue weighted by atomic mass is 10.1. The van der Waals surface area contributed by atoms with E-state index in [4.69, 9.17) is 0 Å². The Morgan fingerprint density at radius 2 is 1.88 bits per heavy atom. The Morgan fingerprint density at radius 1 is 1.09 bits per heavy atom. The standard InChI is InChI=1S/C23H23FN6O2/c1-2-5-20-26-27-21-22(31)25-17-14-15(8-9-19(17)30(20)21)23(32)29-12-10-28(11-13-29)18-7-4-3-6-16(18)24/h3-4,6-9,14H,2,5,10-13H2,1H3,(H,25,31). The molecular weight excluding hydrogens is 411 g/mol. The molecule has 0 radical (unpaired) electrons. The first-order chi connectivity index (χ1) is 15.6. The SMILES string of the molecule is CCCc1nnc2c(=O)[nH]c3cc(C(=O)N4CCN(c5ccccc5F)CC4)ccc3n12. The number of rotatable bonds is 4. The van der Waals surface area contributed by atoms with Crippen LogP contribution < -0.4 is 10.5 Å². The number of anilines is 1. The molecule has 32 heavy (non-hydrogen) atoms. The molecule has 0 unspecified atom stereocenters. The Hall–Kier alpha value is -3.75. The maximum absolute atomic E-state index is 14.1. The molecule has 0 aliphatic carbocycles. The fourth-order valence-corrected chi connectivity index (χ4v) is 4.29. The zero-order valence-electron chi connectivity index (χ0n) is 17.7. The highest BCUT2D eigenvalue weighted by Crippen LogP contribution is 2.22. The van der Waals surface area contributed by atoms with Gasteiger partial charge in [0.25, 0.3) is 11.5 Å². The molecule has 2 aromatic heterocycles. The molecule has 4 aromatic rings. The van der Waals surface area contributed by atoms with Crippen LogP contribution in [0.15, 0.2) is 47.3 Å². The van der Waals surface area contributed by atoms with Crippen LogP contribution in [0, 0.1) is 5.82 Å². The maximum Gasteiger partial charge on any atom is 0.294 e. The molecule has 1 aliphatic rings. The molecule has 3 heterocycles. The van der Waals surface area contributed by atoms with Gasteiger partial charge in [0.05, 0.1) is 16.7 Å². The number of nitrogens with zero attached hydrogens (tertiary/aromatic N) is 5. The monoisotopic (exact) mass is 434 g/mol. The molecular formula is C23H23FN6O2. The van der Waals surface area contributed by atoms with Crippen LogP contribution in [0.4, 0.5) is 10.1 Å². The van der Waals surface area contributed by atoms with E-state index in [0.29, 0.717) is 49.4 Å². The molecule has 0 spiro atoms. The molecule has 164 valence electrons. The van der Waals surface area contributed by atoms with Crippen molar-refractivity contribution in [1.29, 1.82) is 0 Å². The third kappa shape index (κ3) is 3.39. The minimum absolute atomic E-state index is 0.112. The normalized spacial score (nSPS) is 14.4. The Kier molecular flexibility index (Phi) is 5.08. The van der Waals surface area contributed by atoms with Crippen molar-refractivity contribution >= 4 is 28.3 Å². The second-order valence-corrected chi connectivity index (χ2v) is 7.94. The van der Waals surface area contributed by atoms with Crippen LogP contribution in [0.25, 0.3) is 16.7 Å². The summed E-state index contributed by atoms with van der Waals surface area (Å²) in [5, 5.41) is 8.17. The van der Waals surface area contributed by atoms with Crippen LogP contribution in [-0.4, -0.2) is 56.6 Å². The Balaban J connectivity index is 1.41. The number of nitrogens with one attached hydrogen (secondary N) is 1. The van der Waals surface area contributed by atoms with Crippen LogP contribution >= 0.6 is 0 Å². The van der Waals surface area contributed by atoms with Gasteiger partial charge in [0.15, 0.2) is 0 Å². The summed E-state index contributed by atoms with van der Waals surface area (Å²) in [6, 6.07) is 12.0. The van der Waals surface area contributed by atoms with Gasteiger partial charge in [0.1, 0.15) is 11.6 Å². The minimum Gasteiger partial charge on any atom is -0.366 e. The van der Waals surface area contributed by atoms with Crippen LogP contribution in [0.2, 0.25) is 0 Å². The van der Waals surface area contributed by atoms with Crippen molar-refractivity contribution in [2.24, 2.45) is 0 Å². The summed E-state index contributed by atoms with van der Waals surface area (Å²) in [7, 11) is 0. The maximum atomic E-state index is 14.1. The zero-order valence-corrected chi connectivity index (χ0v) is 17.7. The Morgan fingerprint density at radius 3 is 2.62 bits per heavy atom. The number of fused-ring (bicyclic) bond motifs is 3. The number of aromatic nitrogens is 4. The molecule has 0 saturated carbocycles. The highest BCUT2D eigenvalue weighted by Gasteiger charge is 2.24. The number of hydrogen-bond donors (Lipinski definition) is 1. The highest BCUT2D eigenvalue weighted by atomic mass is 19.1. The smallest absolute Gasteiger partial charge is 0.294 e. The van der Waals surface area contributed by atoms with Gasteiger partial charge in [-0.2, -0.15) is 0 Å². The van der Waals surface area contributed by atoms with E-state index in [0.717, 1.165) is 17.8 Å². The first-order valence-electron chi connectivity index (χ1n) is 10.8. The van der Waals surface area contributed by atoms with Gasteiger partial charge in [-0.1, -0.05) is 19.1 Å². The van der Waals surface area contributed by atoms with Gasteiger partial charge >= 0.3 is 0 Å². The van der Waals surface area contributed by atoms with Gasteiger partial charge < -0.3 is 14.8 Å². The molecule has 0 atom stereocenters. The summed E-state index contributed by atoms with van der Waals surface area (Å²) >= 11 is 0. The van der Waals surface area contributed by atoms with E-state index in [-0.39, 0.29) is 22.9 Å². The van der Waals surface area contributed by atoms with Gasteiger partial charge in [-0.25, -0.2) is 4.39 Å². The van der Waals surface area contributed by atoms with E-state index < -0.39 is 0 Å². The molecule has 1 amide bonds. The lowest BCUT2D eigenvalue weighted by Gasteiger charge is -2.36. The van der Waals surface area contributed by atoms with Crippen molar-refractivity contribution in [2.45, 2.75) is 19.8 Å². The van der Waals surface area contributed by atoms with Crippen molar-refractivity contribution in [1.82, 2.24) is 24.5 Å². The number of hydrogen-bond acceptors (Lipinski definition) is 5. The van der Waals surface area contributed by atoms with Crippen LogP contribution in [0.3, 0.4) is 0 Å². The third-order valence-electron chi connectivity index (χ3n) is 5.90. The van der Waals surface area contributed by atoms with Crippen molar-refractivity contribution in [3.05, 3.63) is 70.0 Å². The first-order valence-corrected chi connectivity index (χ1v) is 10.8. The van der Waals surface area contributed by atoms with Gasteiger partial charge in [-0.3, -0.25) is 14.0 Å². The number of H-pyrrole nitrogens is 1. The number of para-hydroxylation sites is 1. The number of piperazine rings is 1. The molecule has 1 fully saturated rings. The van der Waals surface area contributed by atoms with Crippen LogP contribution in [-0.2, 0) is 6.42 Å². The fourth-order valence-electron chi connectivity index (χ4n) is 4.29. The van der Waals surface area contributed by atoms with Gasteiger partial charge in [-0.15, -0.1) is 10.2 Å². The molecule has 9 heteroatoms. The molecule has 2 aromatic carbocycles. The van der Waals surface area contributed by atoms with Crippen LogP contribution in [0.1, 0.15) is 29.5 Å². The van der Waals surface area contributed by atoms with E-state index in [1.807, 2.05) is 24.0 Å². The average Bonchev–Trinajstić information content (AvgIpc) is 3.24. The lowest BCUT2D eigenvalue weighted by Crippen LogP contribution is -2.49. The molecule has 8 nitrogen and oxygen atoms in total. The summed E-state index contributed by atoms with van der Waals surface area (Å²) < 4.78 is 15.8. The van der Waals surface area contributed by atoms with E-state index >= 15 is 0 Å². The van der Waals surface area contributed by atoms with Crippen molar-refractivity contribution < 1.29 is 9.18 Å². The van der Waals surface area contributed by atoms with Crippen molar-refractivity contribution in [2.75, 3.05) is 31.1 Å². The first kappa shape index (κ1) is 20.2. The van der Waals surface area contributed by atoms with Gasteiger partial charge in [0.2, 0.25) is 5.65 Å². The molecule has 5 rings (SSSR count). The van der Waals surface area contributed by atoms with Crippen molar-refractivity contribution in [3.8, 4) is 0 Å². The van der Waals surface area contributed by atoms with E-state index in [1.165, 1.54) is 6.07 Å². The van der Waals surface area contributed by atoms with Crippen LogP contribution in [0.5, 0.6) is 0 Å². The molecule has 1 aliphatic heterocycles. The summed E-state index contributed by atoms with van der Waals surface area (Å²) in [6.07, 6.45) is 1.58. The summed E-state index contributed by atoms with van der Waals surface area (Å²) in [5.41, 5.74) is 2.30. The number of amides is 1. The fraction of sp³-hybridized carbons (Fsp3) is 0.304. The minimum atomic E-state index is -0.338. The number of benzene rings is 2. The van der Waals surface area contributed by atoms with Gasteiger partial charge in [-0.05, 0) is 36.8 Å². The Bertz CT molecular complexity index is 1370. The van der Waals surface area contributed by atoms with E-state index in [2.05, 4.69) is 15.2 Å².